The average Bonchev–Trinajstić information content (AvgIpc) is 2.37. The van der Waals surface area contributed by atoms with Crippen LogP contribution >= 0.6 is 23.4 Å². The van der Waals surface area contributed by atoms with E-state index in [2.05, 4.69) is 6.92 Å². The molecule has 0 heterocycles. The molecule has 0 saturated heterocycles. The number of rotatable bonds is 4. The number of carbonyl (C=O) groups is 1. The summed E-state index contributed by atoms with van der Waals surface area (Å²) in [6.45, 7) is 2.31. The zero-order chi connectivity index (χ0) is 13.0. The van der Waals surface area contributed by atoms with Crippen molar-refractivity contribution in [1.82, 2.24) is 0 Å². The first-order valence-electron chi connectivity index (χ1n) is 6.55. The highest BCUT2D eigenvalue weighted by Crippen LogP contribution is 2.32. The van der Waals surface area contributed by atoms with Gasteiger partial charge in [-0.3, -0.25) is 4.79 Å². The second-order valence-electron chi connectivity index (χ2n) is 5.13. The number of thioether (sulfide) groups is 1. The minimum atomic E-state index is 0.217. The van der Waals surface area contributed by atoms with Gasteiger partial charge in [0.2, 0.25) is 0 Å². The van der Waals surface area contributed by atoms with Gasteiger partial charge in [-0.1, -0.05) is 31.4 Å². The van der Waals surface area contributed by atoms with Crippen LogP contribution in [0.15, 0.2) is 24.3 Å². The second-order valence-corrected chi connectivity index (χ2v) is 6.86. The molecule has 1 fully saturated rings. The van der Waals surface area contributed by atoms with E-state index in [1.807, 2.05) is 23.9 Å². The quantitative estimate of drug-likeness (QED) is 0.736. The Morgan fingerprint density at radius 3 is 2.72 bits per heavy atom. The molecule has 2 atom stereocenters. The summed E-state index contributed by atoms with van der Waals surface area (Å²) < 4.78 is 0. The Hall–Kier alpha value is -0.470. The summed E-state index contributed by atoms with van der Waals surface area (Å²) in [6, 6.07) is 7.19. The monoisotopic (exact) mass is 282 g/mol. The smallest absolute Gasteiger partial charge is 0.172 e. The Labute approximate surface area is 118 Å². The number of hydrogen-bond donors (Lipinski definition) is 0. The summed E-state index contributed by atoms with van der Waals surface area (Å²) in [5.41, 5.74) is 0.774. The highest BCUT2D eigenvalue weighted by atomic mass is 35.5. The highest BCUT2D eigenvalue weighted by Gasteiger charge is 2.20. The van der Waals surface area contributed by atoms with Crippen molar-refractivity contribution < 1.29 is 4.79 Å². The molecule has 0 aliphatic heterocycles. The summed E-state index contributed by atoms with van der Waals surface area (Å²) in [4.78, 5) is 12.0. The van der Waals surface area contributed by atoms with E-state index < -0.39 is 0 Å². The zero-order valence-electron chi connectivity index (χ0n) is 10.7. The number of Topliss-reactive ketones (excluding diaryl/α,β-unsaturated/α-hetero) is 1. The molecule has 0 aromatic heterocycles. The first-order valence-corrected chi connectivity index (χ1v) is 7.98. The van der Waals surface area contributed by atoms with E-state index in [4.69, 9.17) is 11.6 Å². The van der Waals surface area contributed by atoms with E-state index in [-0.39, 0.29) is 5.78 Å². The van der Waals surface area contributed by atoms with Crippen LogP contribution in [0.5, 0.6) is 0 Å². The van der Waals surface area contributed by atoms with Gasteiger partial charge in [-0.2, -0.15) is 11.8 Å². The van der Waals surface area contributed by atoms with Crippen LogP contribution in [0.25, 0.3) is 0 Å². The number of hydrogen-bond acceptors (Lipinski definition) is 2. The molecule has 0 radical (unpaired) electrons. The molecule has 1 nitrogen and oxygen atoms in total. The number of ketones is 1. The van der Waals surface area contributed by atoms with Crippen LogP contribution in [-0.2, 0) is 0 Å². The van der Waals surface area contributed by atoms with Gasteiger partial charge >= 0.3 is 0 Å². The van der Waals surface area contributed by atoms with Crippen LogP contribution < -0.4 is 0 Å². The summed E-state index contributed by atoms with van der Waals surface area (Å²) >= 11 is 7.64. The van der Waals surface area contributed by atoms with Crippen molar-refractivity contribution in [2.24, 2.45) is 5.92 Å². The molecule has 3 heteroatoms. The maximum Gasteiger partial charge on any atom is 0.172 e. The lowest BCUT2D eigenvalue weighted by atomic mass is 9.91. The maximum absolute atomic E-state index is 12.0. The fourth-order valence-corrected chi connectivity index (χ4v) is 3.92. The van der Waals surface area contributed by atoms with Gasteiger partial charge in [0, 0.05) is 15.8 Å². The molecule has 2 rings (SSSR count). The second kappa shape index (κ2) is 6.63. The van der Waals surface area contributed by atoms with Crippen LogP contribution in [0, 0.1) is 5.92 Å². The molecule has 1 aromatic rings. The highest BCUT2D eigenvalue weighted by molar-refractivity contribution is 8.00. The van der Waals surface area contributed by atoms with Crippen molar-refractivity contribution in [3.8, 4) is 0 Å². The van der Waals surface area contributed by atoms with Gasteiger partial charge in [0.1, 0.15) is 0 Å². The molecule has 2 unspecified atom stereocenters. The van der Waals surface area contributed by atoms with Crippen LogP contribution in [0.1, 0.15) is 43.0 Å². The Bertz CT molecular complexity index is 401. The number of benzene rings is 1. The summed E-state index contributed by atoms with van der Waals surface area (Å²) in [5.74, 6) is 1.63. The lowest BCUT2D eigenvalue weighted by Crippen LogP contribution is -2.17. The van der Waals surface area contributed by atoms with E-state index in [1.165, 1.54) is 25.7 Å². The fourth-order valence-electron chi connectivity index (χ4n) is 2.44. The molecule has 1 aromatic carbocycles. The minimum Gasteiger partial charge on any atom is -0.293 e. The van der Waals surface area contributed by atoms with Crippen LogP contribution in [0.4, 0.5) is 0 Å². The Balaban J connectivity index is 1.82. The summed E-state index contributed by atoms with van der Waals surface area (Å²) in [5, 5.41) is 1.35. The van der Waals surface area contributed by atoms with Crippen molar-refractivity contribution in [2.75, 3.05) is 5.75 Å². The van der Waals surface area contributed by atoms with Gasteiger partial charge in [0.25, 0.3) is 0 Å². The van der Waals surface area contributed by atoms with Crippen molar-refractivity contribution >= 4 is 29.1 Å². The third kappa shape index (κ3) is 4.03. The Morgan fingerprint density at radius 1 is 1.33 bits per heavy atom. The van der Waals surface area contributed by atoms with Crippen molar-refractivity contribution in [2.45, 2.75) is 37.9 Å². The topological polar surface area (TPSA) is 17.1 Å². The van der Waals surface area contributed by atoms with Gasteiger partial charge in [0.05, 0.1) is 5.75 Å². The standard InChI is InChI=1S/C15H19ClOS/c1-11-3-2-4-14(9-11)18-10-15(17)12-5-7-13(16)8-6-12/h5-8,11,14H,2-4,9-10H2,1H3. The van der Waals surface area contributed by atoms with Crippen molar-refractivity contribution in [1.29, 1.82) is 0 Å². The normalized spacial score (nSPS) is 23.9. The predicted octanol–water partition coefficient (Wildman–Crippen LogP) is 4.83. The molecule has 0 amide bonds. The lowest BCUT2D eigenvalue weighted by Gasteiger charge is -2.25. The van der Waals surface area contributed by atoms with Gasteiger partial charge in [-0.15, -0.1) is 0 Å². The van der Waals surface area contributed by atoms with E-state index in [0.29, 0.717) is 16.0 Å². The maximum atomic E-state index is 12.0. The molecule has 1 aliphatic rings. The third-order valence-electron chi connectivity index (χ3n) is 3.50. The summed E-state index contributed by atoms with van der Waals surface area (Å²) in [7, 11) is 0. The molecule has 1 aliphatic carbocycles. The van der Waals surface area contributed by atoms with Crippen LogP contribution in [-0.4, -0.2) is 16.8 Å². The zero-order valence-corrected chi connectivity index (χ0v) is 12.3. The molecule has 18 heavy (non-hydrogen) atoms. The van der Waals surface area contributed by atoms with Gasteiger partial charge < -0.3 is 0 Å². The molecule has 98 valence electrons. The average molecular weight is 283 g/mol. The van der Waals surface area contributed by atoms with Crippen molar-refractivity contribution in [3.05, 3.63) is 34.9 Å². The van der Waals surface area contributed by atoms with Gasteiger partial charge in [0.15, 0.2) is 5.78 Å². The molecule has 0 N–H and O–H groups in total. The van der Waals surface area contributed by atoms with E-state index in [1.54, 1.807) is 12.1 Å². The van der Waals surface area contributed by atoms with Crippen molar-refractivity contribution in [3.63, 3.8) is 0 Å². The number of carbonyl (C=O) groups excluding carboxylic acids is 1. The molecule has 0 bridgehead atoms. The van der Waals surface area contributed by atoms with Gasteiger partial charge in [-0.05, 0) is 43.0 Å². The number of halogens is 1. The molecular formula is C15H19ClOS. The van der Waals surface area contributed by atoms with Gasteiger partial charge in [-0.25, -0.2) is 0 Å². The SMILES string of the molecule is CC1CCCC(SCC(=O)c2ccc(Cl)cc2)C1. The lowest BCUT2D eigenvalue weighted by molar-refractivity contribution is 0.102. The molecule has 0 spiro atoms. The largest absolute Gasteiger partial charge is 0.293 e. The summed E-state index contributed by atoms with van der Waals surface area (Å²) in [6.07, 6.45) is 5.19. The molecular weight excluding hydrogens is 264 g/mol. The predicted molar refractivity (Wildman–Crippen MR) is 79.7 cm³/mol. The Morgan fingerprint density at radius 2 is 2.06 bits per heavy atom. The Kier molecular flexibility index (Phi) is 5.13. The van der Waals surface area contributed by atoms with E-state index in [0.717, 1.165) is 11.5 Å². The van der Waals surface area contributed by atoms with E-state index >= 15 is 0 Å². The minimum absolute atomic E-state index is 0.217. The first kappa shape index (κ1) is 14.0. The van der Waals surface area contributed by atoms with E-state index in [9.17, 15) is 4.79 Å². The first-order chi connectivity index (χ1) is 8.65. The van der Waals surface area contributed by atoms with Crippen LogP contribution in [0.3, 0.4) is 0 Å². The van der Waals surface area contributed by atoms with Crippen LogP contribution in [0.2, 0.25) is 5.02 Å². The third-order valence-corrected chi connectivity index (χ3v) is 5.08. The fraction of sp³-hybridized carbons (Fsp3) is 0.533. The molecule has 1 saturated carbocycles.